The molecule has 5 fully saturated rings. The van der Waals surface area contributed by atoms with E-state index >= 15 is 0 Å². The number of para-hydroxylation sites is 1. The fourth-order valence-electron chi connectivity index (χ4n) is 7.88. The summed E-state index contributed by atoms with van der Waals surface area (Å²) in [6, 6.07) is 9.70. The Balaban J connectivity index is 1.60. The number of nitrogens with zero attached hydrogens (tertiary/aromatic N) is 2. The minimum Gasteiger partial charge on any atom is -0.392 e. The second kappa shape index (κ2) is 4.17. The Hall–Kier alpha value is -1.10. The number of rotatable bonds is 1. The molecule has 5 bridgehead atoms. The maximum atomic E-state index is 11.6. The number of fused-ring (bicyclic) bond motifs is 2. The van der Waals surface area contributed by atoms with Crippen molar-refractivity contribution >= 4 is 5.69 Å². The first kappa shape index (κ1) is 14.1. The summed E-state index contributed by atoms with van der Waals surface area (Å²) in [7, 11) is 2.19. The summed E-state index contributed by atoms with van der Waals surface area (Å²) in [5.41, 5.74) is 2.51. The van der Waals surface area contributed by atoms with Gasteiger partial charge in [-0.05, 0) is 36.8 Å². The summed E-state index contributed by atoms with van der Waals surface area (Å²) in [5.74, 6) is 1.14. The first-order valence-electron chi connectivity index (χ1n) is 9.57. The third-order valence-corrected chi connectivity index (χ3v) is 8.46. The van der Waals surface area contributed by atoms with Crippen LogP contribution < -0.4 is 4.90 Å². The lowest BCUT2D eigenvalue weighted by molar-refractivity contribution is -0.211. The molecule has 1 aromatic carbocycles. The van der Waals surface area contributed by atoms with Crippen LogP contribution in [0.1, 0.15) is 31.7 Å². The first-order chi connectivity index (χ1) is 11.6. The highest BCUT2D eigenvalue weighted by Gasteiger charge is 2.76. The van der Waals surface area contributed by atoms with Gasteiger partial charge in [0.25, 0.3) is 0 Å². The third-order valence-electron chi connectivity index (χ3n) is 8.46. The second-order valence-corrected chi connectivity index (χ2v) is 8.81. The standard InChI is InChI=1S/C20H26N2O2/c1-3-10-11-8-14-17-20(12-6-4-5-7-13(12)21(17)2)9-15(16(11)18(20)23)22(14)19(10)24/h4-7,10-11,14-19,23-24H,3,8-9H2,1-2H3/t10-,11+,14?,15-,16?,17?,18+,19+,20+/m0/s1. The zero-order chi connectivity index (χ0) is 16.4. The van der Waals surface area contributed by atoms with Crippen LogP contribution in [0, 0.1) is 17.8 Å². The fourth-order valence-corrected chi connectivity index (χ4v) is 7.88. The topological polar surface area (TPSA) is 46.9 Å². The van der Waals surface area contributed by atoms with Crippen LogP contribution in [0.5, 0.6) is 0 Å². The molecule has 4 nitrogen and oxygen atoms in total. The molecular weight excluding hydrogens is 300 g/mol. The molecule has 128 valence electrons. The van der Waals surface area contributed by atoms with Gasteiger partial charge in [0.05, 0.1) is 12.1 Å². The minimum atomic E-state index is -0.319. The zero-order valence-electron chi connectivity index (χ0n) is 14.3. The molecule has 10 atom stereocenters. The fraction of sp³-hybridized carbons (Fsp3) is 0.700. The van der Waals surface area contributed by atoms with Crippen LogP contribution in [0.3, 0.4) is 0 Å². The largest absolute Gasteiger partial charge is 0.392 e. The lowest BCUT2D eigenvalue weighted by Gasteiger charge is -2.62. The second-order valence-electron chi connectivity index (χ2n) is 8.81. The Morgan fingerprint density at radius 3 is 2.79 bits per heavy atom. The molecule has 0 aromatic heterocycles. The van der Waals surface area contributed by atoms with Crippen molar-refractivity contribution in [3.8, 4) is 0 Å². The van der Waals surface area contributed by atoms with Crippen LogP contribution in [0.25, 0.3) is 0 Å². The Labute approximate surface area is 143 Å². The van der Waals surface area contributed by atoms with Gasteiger partial charge in [0.1, 0.15) is 6.23 Å². The summed E-state index contributed by atoms with van der Waals surface area (Å²) >= 11 is 0. The van der Waals surface area contributed by atoms with E-state index in [4.69, 9.17) is 0 Å². The van der Waals surface area contributed by atoms with Gasteiger partial charge in [0.2, 0.25) is 0 Å². The summed E-state index contributed by atoms with van der Waals surface area (Å²) in [6.45, 7) is 2.19. The Morgan fingerprint density at radius 1 is 1.21 bits per heavy atom. The van der Waals surface area contributed by atoms with Crippen molar-refractivity contribution in [1.82, 2.24) is 4.90 Å². The van der Waals surface area contributed by atoms with Crippen LogP contribution in [0.2, 0.25) is 0 Å². The van der Waals surface area contributed by atoms with Gasteiger partial charge in [-0.3, -0.25) is 4.90 Å². The highest BCUT2D eigenvalue weighted by molar-refractivity contribution is 5.67. The number of hydrogen-bond acceptors (Lipinski definition) is 4. The van der Waals surface area contributed by atoms with Crippen molar-refractivity contribution in [2.45, 2.75) is 62.1 Å². The van der Waals surface area contributed by atoms with Crippen molar-refractivity contribution in [1.29, 1.82) is 0 Å². The molecule has 1 spiro atoms. The van der Waals surface area contributed by atoms with E-state index in [1.165, 1.54) is 11.3 Å². The van der Waals surface area contributed by atoms with Gasteiger partial charge in [-0.25, -0.2) is 0 Å². The Bertz CT molecular complexity index is 723. The molecule has 0 radical (unpaired) electrons. The molecule has 1 saturated carbocycles. The highest BCUT2D eigenvalue weighted by atomic mass is 16.3. The van der Waals surface area contributed by atoms with Crippen molar-refractivity contribution < 1.29 is 10.2 Å². The van der Waals surface area contributed by atoms with Crippen LogP contribution in [0.15, 0.2) is 24.3 Å². The zero-order valence-corrected chi connectivity index (χ0v) is 14.3. The number of piperidine rings is 4. The van der Waals surface area contributed by atoms with Gasteiger partial charge in [-0.1, -0.05) is 25.1 Å². The molecule has 4 heteroatoms. The lowest BCUT2D eigenvalue weighted by atomic mass is 9.62. The predicted molar refractivity (Wildman–Crippen MR) is 91.7 cm³/mol. The number of aliphatic hydroxyl groups excluding tert-OH is 2. The number of anilines is 1. The van der Waals surface area contributed by atoms with Gasteiger partial charge in [-0.2, -0.15) is 0 Å². The Morgan fingerprint density at radius 2 is 2.00 bits per heavy atom. The molecule has 2 N–H and O–H groups in total. The SMILES string of the molecule is CC[C@@H]1[C@@H](O)N2C3C[C@H]1C1[C@@H](O)[C@]4(C[C@@H]12)c1ccccc1N(C)C34. The minimum absolute atomic E-state index is 0.126. The van der Waals surface area contributed by atoms with E-state index in [2.05, 4.69) is 48.0 Å². The summed E-state index contributed by atoms with van der Waals surface area (Å²) in [6.07, 6.45) is 2.56. The van der Waals surface area contributed by atoms with Gasteiger partial charge in [0.15, 0.2) is 0 Å². The molecule has 0 amide bonds. The van der Waals surface area contributed by atoms with Gasteiger partial charge in [0, 0.05) is 42.1 Å². The predicted octanol–water partition coefficient (Wildman–Crippen LogP) is 1.55. The van der Waals surface area contributed by atoms with Gasteiger partial charge < -0.3 is 15.1 Å². The molecule has 5 aliphatic heterocycles. The van der Waals surface area contributed by atoms with Gasteiger partial charge in [-0.15, -0.1) is 0 Å². The highest BCUT2D eigenvalue weighted by Crippen LogP contribution is 2.68. The van der Waals surface area contributed by atoms with Crippen LogP contribution >= 0.6 is 0 Å². The summed E-state index contributed by atoms with van der Waals surface area (Å²) in [5, 5.41) is 22.6. The van der Waals surface area contributed by atoms with E-state index in [9.17, 15) is 10.2 Å². The molecule has 5 heterocycles. The van der Waals surface area contributed by atoms with Crippen LogP contribution in [-0.4, -0.2) is 52.6 Å². The van der Waals surface area contributed by atoms with Crippen molar-refractivity contribution in [2.75, 3.05) is 11.9 Å². The number of benzene rings is 1. The number of likely N-dealkylation sites (N-methyl/N-ethyl adjacent to an activating group) is 1. The van der Waals surface area contributed by atoms with Gasteiger partial charge >= 0.3 is 0 Å². The van der Waals surface area contributed by atoms with E-state index < -0.39 is 0 Å². The third kappa shape index (κ3) is 1.20. The van der Waals surface area contributed by atoms with E-state index in [1.54, 1.807) is 0 Å². The van der Waals surface area contributed by atoms with E-state index in [0.717, 1.165) is 19.3 Å². The number of hydrogen-bond donors (Lipinski definition) is 2. The van der Waals surface area contributed by atoms with Crippen molar-refractivity contribution in [3.05, 3.63) is 29.8 Å². The molecule has 4 saturated heterocycles. The first-order valence-corrected chi connectivity index (χ1v) is 9.57. The molecule has 1 aromatic rings. The van der Waals surface area contributed by atoms with E-state index in [0.29, 0.717) is 35.9 Å². The summed E-state index contributed by atoms with van der Waals surface area (Å²) < 4.78 is 0. The smallest absolute Gasteiger partial charge is 0.111 e. The molecule has 24 heavy (non-hydrogen) atoms. The molecular formula is C20H26N2O2. The van der Waals surface area contributed by atoms with Crippen molar-refractivity contribution in [3.63, 3.8) is 0 Å². The average Bonchev–Trinajstić information content (AvgIpc) is 2.97. The normalized spacial score (nSPS) is 55.8. The van der Waals surface area contributed by atoms with E-state index in [1.807, 2.05) is 0 Å². The molecule has 4 unspecified atom stereocenters. The quantitative estimate of drug-likeness (QED) is 0.822. The summed E-state index contributed by atoms with van der Waals surface area (Å²) in [4.78, 5) is 4.83. The average molecular weight is 326 g/mol. The van der Waals surface area contributed by atoms with Crippen molar-refractivity contribution in [2.24, 2.45) is 17.8 Å². The lowest BCUT2D eigenvalue weighted by Crippen LogP contribution is -2.72. The maximum Gasteiger partial charge on any atom is 0.111 e. The monoisotopic (exact) mass is 326 g/mol. The van der Waals surface area contributed by atoms with Crippen LogP contribution in [0.4, 0.5) is 5.69 Å². The van der Waals surface area contributed by atoms with E-state index in [-0.39, 0.29) is 17.7 Å². The number of aliphatic hydroxyl groups is 2. The maximum absolute atomic E-state index is 11.6. The molecule has 6 aliphatic rings. The Kier molecular flexibility index (Phi) is 2.45. The van der Waals surface area contributed by atoms with Crippen LogP contribution in [-0.2, 0) is 5.41 Å². The molecule has 7 rings (SSSR count). The molecule has 1 aliphatic carbocycles.